The van der Waals surface area contributed by atoms with E-state index in [-0.39, 0.29) is 22.6 Å². The van der Waals surface area contributed by atoms with Gasteiger partial charge >= 0.3 is 0 Å². The summed E-state index contributed by atoms with van der Waals surface area (Å²) < 4.78 is 0. The Hall–Kier alpha value is -2.17. The van der Waals surface area contributed by atoms with Gasteiger partial charge in [-0.2, -0.15) is 0 Å². The minimum absolute atomic E-state index is 0.00128. The molecule has 1 aromatic carbocycles. The van der Waals surface area contributed by atoms with Crippen molar-refractivity contribution in [2.45, 2.75) is 117 Å². The maximum absolute atomic E-state index is 12.8. The van der Waals surface area contributed by atoms with Gasteiger partial charge in [-0.05, 0) is 59.8 Å². The fraction of sp³-hybridized carbons (Fsp3) is 0.690. The summed E-state index contributed by atoms with van der Waals surface area (Å²) >= 11 is 0. The Labute approximate surface area is 207 Å². The standard InChI is InChI=1S/C29H48N2O3/c1-28(2,3)23-19-22(20-24(21-23)29(4,5)6)27(34)31-18-14-10-8-9-11-15-25(32)16-12-13-17-26(33)30-7/h19-21H,8-18H2,1-7H3,(H,30,33)(H,31,34). The fourth-order valence-corrected chi connectivity index (χ4v) is 3.76. The molecule has 2 amide bonds. The molecule has 0 fully saturated rings. The van der Waals surface area contributed by atoms with Gasteiger partial charge in [0.2, 0.25) is 5.91 Å². The molecule has 0 aliphatic carbocycles. The van der Waals surface area contributed by atoms with Crippen molar-refractivity contribution in [3.63, 3.8) is 0 Å². The van der Waals surface area contributed by atoms with Crippen molar-refractivity contribution in [1.29, 1.82) is 0 Å². The van der Waals surface area contributed by atoms with Crippen LogP contribution >= 0.6 is 0 Å². The highest BCUT2D eigenvalue weighted by atomic mass is 16.2. The van der Waals surface area contributed by atoms with Gasteiger partial charge in [0, 0.05) is 38.4 Å². The van der Waals surface area contributed by atoms with Gasteiger partial charge in [-0.3, -0.25) is 14.4 Å². The average Bonchev–Trinajstić information content (AvgIpc) is 2.76. The minimum atomic E-state index is -0.0107. The number of amides is 2. The molecule has 0 saturated carbocycles. The Kier molecular flexibility index (Phi) is 12.5. The van der Waals surface area contributed by atoms with Crippen LogP contribution in [0.1, 0.15) is 127 Å². The van der Waals surface area contributed by atoms with E-state index in [1.807, 2.05) is 12.1 Å². The zero-order valence-corrected chi connectivity index (χ0v) is 22.7. The second-order valence-electron chi connectivity index (χ2n) is 11.5. The highest BCUT2D eigenvalue weighted by Gasteiger charge is 2.22. The van der Waals surface area contributed by atoms with Gasteiger partial charge in [-0.1, -0.05) is 66.9 Å². The Morgan fingerprint density at radius 1 is 0.676 bits per heavy atom. The minimum Gasteiger partial charge on any atom is -0.359 e. The topological polar surface area (TPSA) is 75.3 Å². The second kappa shape index (κ2) is 14.3. The van der Waals surface area contributed by atoms with Crippen LogP contribution in [0.25, 0.3) is 0 Å². The maximum atomic E-state index is 12.8. The van der Waals surface area contributed by atoms with Crippen LogP contribution in [-0.4, -0.2) is 31.2 Å². The lowest BCUT2D eigenvalue weighted by molar-refractivity contribution is -0.121. The molecule has 0 heterocycles. The second-order valence-corrected chi connectivity index (χ2v) is 11.5. The Balaban J connectivity index is 2.29. The van der Waals surface area contributed by atoms with Gasteiger partial charge in [0.1, 0.15) is 5.78 Å². The first-order chi connectivity index (χ1) is 15.8. The summed E-state index contributed by atoms with van der Waals surface area (Å²) in [7, 11) is 1.63. The number of unbranched alkanes of at least 4 members (excludes halogenated alkanes) is 5. The molecule has 0 unspecified atom stereocenters. The summed E-state index contributed by atoms with van der Waals surface area (Å²) in [6, 6.07) is 6.28. The van der Waals surface area contributed by atoms with E-state index in [0.717, 1.165) is 50.5 Å². The van der Waals surface area contributed by atoms with E-state index >= 15 is 0 Å². The summed E-state index contributed by atoms with van der Waals surface area (Å²) in [6.07, 6.45) is 8.33. The monoisotopic (exact) mass is 472 g/mol. The molecule has 1 aromatic rings. The van der Waals surface area contributed by atoms with Crippen molar-refractivity contribution >= 4 is 17.6 Å². The van der Waals surface area contributed by atoms with E-state index in [4.69, 9.17) is 0 Å². The maximum Gasteiger partial charge on any atom is 0.251 e. The van der Waals surface area contributed by atoms with Crippen LogP contribution < -0.4 is 10.6 Å². The van der Waals surface area contributed by atoms with Crippen molar-refractivity contribution in [2.24, 2.45) is 0 Å². The number of nitrogens with one attached hydrogen (secondary N) is 2. The molecule has 2 N–H and O–H groups in total. The first-order valence-electron chi connectivity index (χ1n) is 13.0. The zero-order chi connectivity index (χ0) is 25.8. The van der Waals surface area contributed by atoms with Gasteiger partial charge in [0.05, 0.1) is 0 Å². The van der Waals surface area contributed by atoms with Crippen LogP contribution in [0.3, 0.4) is 0 Å². The first kappa shape index (κ1) is 29.9. The van der Waals surface area contributed by atoms with Crippen molar-refractivity contribution in [3.8, 4) is 0 Å². The van der Waals surface area contributed by atoms with Crippen LogP contribution in [0.5, 0.6) is 0 Å². The molecule has 0 aromatic heterocycles. The van der Waals surface area contributed by atoms with Crippen LogP contribution in [0.2, 0.25) is 0 Å². The van der Waals surface area contributed by atoms with Gasteiger partial charge in [0.25, 0.3) is 5.91 Å². The van der Waals surface area contributed by atoms with Gasteiger partial charge in [-0.15, -0.1) is 0 Å². The van der Waals surface area contributed by atoms with E-state index in [9.17, 15) is 14.4 Å². The molecule has 0 spiro atoms. The normalized spacial score (nSPS) is 11.9. The number of hydrogen-bond acceptors (Lipinski definition) is 3. The molecule has 0 bridgehead atoms. The molecule has 0 radical (unpaired) electrons. The molecule has 0 atom stereocenters. The van der Waals surface area contributed by atoms with Crippen molar-refractivity contribution < 1.29 is 14.4 Å². The predicted octanol–water partition coefficient (Wildman–Crippen LogP) is 6.23. The lowest BCUT2D eigenvalue weighted by Gasteiger charge is -2.26. The molecule has 1 rings (SSSR count). The molecule has 34 heavy (non-hydrogen) atoms. The van der Waals surface area contributed by atoms with E-state index < -0.39 is 0 Å². The van der Waals surface area contributed by atoms with E-state index in [0.29, 0.717) is 31.6 Å². The third-order valence-electron chi connectivity index (χ3n) is 6.23. The Bertz CT molecular complexity index is 768. The van der Waals surface area contributed by atoms with Gasteiger partial charge < -0.3 is 10.6 Å². The van der Waals surface area contributed by atoms with Gasteiger partial charge in [-0.25, -0.2) is 0 Å². The molecule has 0 aliphatic heterocycles. The van der Waals surface area contributed by atoms with Crippen molar-refractivity contribution in [2.75, 3.05) is 13.6 Å². The largest absolute Gasteiger partial charge is 0.359 e. The molecule has 192 valence electrons. The van der Waals surface area contributed by atoms with Crippen LogP contribution in [0.15, 0.2) is 18.2 Å². The summed E-state index contributed by atoms with van der Waals surface area (Å²) in [5.41, 5.74) is 3.09. The SMILES string of the molecule is CNC(=O)CCCCC(=O)CCCCCCCNC(=O)c1cc(C(C)(C)C)cc(C(C)(C)C)c1. The van der Waals surface area contributed by atoms with Gasteiger partial charge in [0.15, 0.2) is 0 Å². The van der Waals surface area contributed by atoms with E-state index in [2.05, 4.69) is 58.2 Å². The number of carbonyl (C=O) groups excluding carboxylic acids is 3. The lowest BCUT2D eigenvalue weighted by Crippen LogP contribution is -2.26. The Morgan fingerprint density at radius 2 is 1.15 bits per heavy atom. The molecule has 5 nitrogen and oxygen atoms in total. The first-order valence-corrected chi connectivity index (χ1v) is 13.0. The number of carbonyl (C=O) groups is 3. The summed E-state index contributed by atoms with van der Waals surface area (Å²) in [4.78, 5) is 35.9. The Morgan fingerprint density at radius 3 is 1.68 bits per heavy atom. The lowest BCUT2D eigenvalue weighted by atomic mass is 9.79. The number of hydrogen-bond donors (Lipinski definition) is 2. The quantitative estimate of drug-likeness (QED) is 0.315. The molecular formula is C29H48N2O3. The summed E-state index contributed by atoms with van der Waals surface area (Å²) in [5, 5.41) is 5.68. The van der Waals surface area contributed by atoms with E-state index in [1.165, 1.54) is 11.1 Å². The van der Waals surface area contributed by atoms with Crippen molar-refractivity contribution in [3.05, 3.63) is 34.9 Å². The third kappa shape index (κ3) is 11.8. The third-order valence-corrected chi connectivity index (χ3v) is 6.23. The summed E-state index contributed by atoms with van der Waals surface area (Å²) in [5.74, 6) is 0.339. The number of rotatable bonds is 14. The van der Waals surface area contributed by atoms with Crippen molar-refractivity contribution in [1.82, 2.24) is 10.6 Å². The van der Waals surface area contributed by atoms with Crippen LogP contribution in [0, 0.1) is 0 Å². The predicted molar refractivity (Wildman–Crippen MR) is 141 cm³/mol. The average molecular weight is 473 g/mol. The molecular weight excluding hydrogens is 424 g/mol. The van der Waals surface area contributed by atoms with Crippen LogP contribution in [0.4, 0.5) is 0 Å². The molecule has 0 aliphatic rings. The number of benzene rings is 1. The molecule has 5 heteroatoms. The highest BCUT2D eigenvalue weighted by molar-refractivity contribution is 5.94. The number of Topliss-reactive ketones (excluding diaryl/α,β-unsaturated/α-hetero) is 1. The molecule has 0 saturated heterocycles. The van der Waals surface area contributed by atoms with Crippen LogP contribution in [-0.2, 0) is 20.4 Å². The smallest absolute Gasteiger partial charge is 0.251 e. The number of ketones is 1. The zero-order valence-electron chi connectivity index (χ0n) is 22.7. The van der Waals surface area contributed by atoms with E-state index in [1.54, 1.807) is 7.05 Å². The fourth-order valence-electron chi connectivity index (χ4n) is 3.76. The summed E-state index contributed by atoms with van der Waals surface area (Å²) in [6.45, 7) is 13.7. The highest BCUT2D eigenvalue weighted by Crippen LogP contribution is 2.30.